The molecule has 0 aliphatic rings. The zero-order valence-electron chi connectivity index (χ0n) is 9.52. The highest BCUT2D eigenvalue weighted by molar-refractivity contribution is 6.17. The summed E-state index contributed by atoms with van der Waals surface area (Å²) in [5.74, 6) is 0.400. The van der Waals surface area contributed by atoms with Crippen molar-refractivity contribution in [3.63, 3.8) is 0 Å². The van der Waals surface area contributed by atoms with Gasteiger partial charge in [0.2, 0.25) is 0 Å². The minimum Gasteiger partial charge on any atom is -0.355 e. The Bertz CT molecular complexity index is 524. The van der Waals surface area contributed by atoms with E-state index < -0.39 is 0 Å². The van der Waals surface area contributed by atoms with Crippen LogP contribution in [0.4, 0.5) is 0 Å². The van der Waals surface area contributed by atoms with E-state index in [-0.39, 0.29) is 5.91 Å². The summed E-state index contributed by atoms with van der Waals surface area (Å²) in [6.07, 6.45) is 0.763. The van der Waals surface area contributed by atoms with Gasteiger partial charge in [0.25, 0.3) is 5.91 Å². The minimum absolute atomic E-state index is 0.139. The Morgan fingerprint density at radius 2 is 2.24 bits per heavy atom. The molecule has 0 saturated carbocycles. The number of hydrogen-bond acceptors (Lipinski definition) is 3. The number of carbonyl (C=O) groups is 1. The van der Waals surface area contributed by atoms with Crippen molar-refractivity contribution in [1.82, 2.24) is 10.1 Å². The normalized spacial score (nSPS) is 10.7. The second kappa shape index (κ2) is 5.19. The maximum absolute atomic E-state index is 12.1. The molecule has 0 saturated heterocycles. The van der Waals surface area contributed by atoms with Gasteiger partial charge in [-0.05, 0) is 18.6 Å². The minimum atomic E-state index is -0.139. The molecular weight excluding hydrogens is 240 g/mol. The second-order valence-corrected chi connectivity index (χ2v) is 4.17. The van der Waals surface area contributed by atoms with Crippen molar-refractivity contribution in [1.29, 1.82) is 0 Å². The molecule has 0 radical (unpaired) electrons. The van der Waals surface area contributed by atoms with Gasteiger partial charge < -0.3 is 9.42 Å². The van der Waals surface area contributed by atoms with Gasteiger partial charge >= 0.3 is 0 Å². The van der Waals surface area contributed by atoms with Crippen LogP contribution >= 0.6 is 11.6 Å². The van der Waals surface area contributed by atoms with Crippen molar-refractivity contribution in [3.05, 3.63) is 30.0 Å². The van der Waals surface area contributed by atoms with Crippen LogP contribution < -0.4 is 0 Å². The lowest BCUT2D eigenvalue weighted by molar-refractivity contribution is 0.0787. The maximum atomic E-state index is 12.1. The largest absolute Gasteiger partial charge is 0.355 e. The van der Waals surface area contributed by atoms with E-state index in [9.17, 15) is 4.79 Å². The van der Waals surface area contributed by atoms with Gasteiger partial charge in [-0.3, -0.25) is 4.79 Å². The van der Waals surface area contributed by atoms with Crippen molar-refractivity contribution in [2.75, 3.05) is 19.5 Å². The molecule has 1 aromatic carbocycles. The molecule has 4 nitrogen and oxygen atoms in total. The molecule has 0 fully saturated rings. The van der Waals surface area contributed by atoms with E-state index in [4.69, 9.17) is 16.1 Å². The fourth-order valence-corrected chi connectivity index (χ4v) is 1.74. The molecule has 1 aromatic heterocycles. The number of rotatable bonds is 4. The average Bonchev–Trinajstić information content (AvgIpc) is 2.78. The number of aromatic nitrogens is 1. The predicted octanol–water partition coefficient (Wildman–Crippen LogP) is 2.53. The van der Waals surface area contributed by atoms with Crippen molar-refractivity contribution < 1.29 is 9.32 Å². The molecule has 1 amide bonds. The molecule has 5 heteroatoms. The Hall–Kier alpha value is -1.55. The van der Waals surface area contributed by atoms with Gasteiger partial charge in [0.05, 0.1) is 5.39 Å². The highest BCUT2D eigenvalue weighted by atomic mass is 35.5. The Labute approximate surface area is 104 Å². The SMILES string of the molecule is CN(CCCCl)C(=O)c1noc2ccccc12. The van der Waals surface area contributed by atoms with E-state index >= 15 is 0 Å². The van der Waals surface area contributed by atoms with Crippen molar-refractivity contribution in [2.24, 2.45) is 0 Å². The van der Waals surface area contributed by atoms with E-state index in [1.165, 1.54) is 0 Å². The summed E-state index contributed by atoms with van der Waals surface area (Å²) in [7, 11) is 1.73. The lowest BCUT2D eigenvalue weighted by Gasteiger charge is -2.14. The number of fused-ring (bicyclic) bond motifs is 1. The highest BCUT2D eigenvalue weighted by Gasteiger charge is 2.18. The van der Waals surface area contributed by atoms with Gasteiger partial charge in [0, 0.05) is 19.5 Å². The number of halogens is 1. The summed E-state index contributed by atoms with van der Waals surface area (Å²) >= 11 is 5.60. The molecule has 0 spiro atoms. The lowest BCUT2D eigenvalue weighted by atomic mass is 10.2. The van der Waals surface area contributed by atoms with Crippen LogP contribution in [0.15, 0.2) is 28.8 Å². The first kappa shape index (κ1) is 11.9. The van der Waals surface area contributed by atoms with Gasteiger partial charge in [-0.15, -0.1) is 11.6 Å². The summed E-state index contributed by atoms with van der Waals surface area (Å²) in [5.41, 5.74) is 0.985. The molecule has 1 heterocycles. The quantitative estimate of drug-likeness (QED) is 0.786. The van der Waals surface area contributed by atoms with Gasteiger partial charge in [-0.25, -0.2) is 0 Å². The van der Waals surface area contributed by atoms with Crippen molar-refractivity contribution in [2.45, 2.75) is 6.42 Å². The van der Waals surface area contributed by atoms with Gasteiger partial charge in [0.1, 0.15) is 0 Å². The number of hydrogen-bond donors (Lipinski definition) is 0. The molecular formula is C12H13ClN2O2. The Morgan fingerprint density at radius 1 is 1.47 bits per heavy atom. The van der Waals surface area contributed by atoms with E-state index in [0.717, 1.165) is 11.8 Å². The fourth-order valence-electron chi connectivity index (χ4n) is 1.62. The Balaban J connectivity index is 2.24. The van der Waals surface area contributed by atoms with Crippen LogP contribution in [-0.4, -0.2) is 35.4 Å². The standard InChI is InChI=1S/C12H13ClN2O2/c1-15(8-4-7-13)12(16)11-9-5-2-3-6-10(9)17-14-11/h2-3,5-6H,4,7-8H2,1H3. The summed E-state index contributed by atoms with van der Waals surface area (Å²) in [5, 5.41) is 4.57. The number of benzene rings is 1. The van der Waals surface area contributed by atoms with Crippen LogP contribution in [0, 0.1) is 0 Å². The third kappa shape index (κ3) is 2.42. The Morgan fingerprint density at radius 3 is 3.00 bits per heavy atom. The van der Waals surface area contributed by atoms with Crippen LogP contribution in [0.25, 0.3) is 11.0 Å². The van der Waals surface area contributed by atoms with Crippen LogP contribution in [0.3, 0.4) is 0 Å². The molecule has 90 valence electrons. The van der Waals surface area contributed by atoms with E-state index in [1.54, 1.807) is 18.0 Å². The van der Waals surface area contributed by atoms with E-state index in [0.29, 0.717) is 23.7 Å². The van der Waals surface area contributed by atoms with Crippen LogP contribution in [0.2, 0.25) is 0 Å². The summed E-state index contributed by atoms with van der Waals surface area (Å²) in [4.78, 5) is 13.7. The van der Waals surface area contributed by atoms with Crippen LogP contribution in [0.5, 0.6) is 0 Å². The molecule has 17 heavy (non-hydrogen) atoms. The smallest absolute Gasteiger partial charge is 0.276 e. The first-order chi connectivity index (χ1) is 8.24. The molecule has 0 atom stereocenters. The lowest BCUT2D eigenvalue weighted by Crippen LogP contribution is -2.28. The summed E-state index contributed by atoms with van der Waals surface area (Å²) in [6.45, 7) is 0.615. The Kier molecular flexibility index (Phi) is 3.64. The van der Waals surface area contributed by atoms with Gasteiger partial charge in [0.15, 0.2) is 11.3 Å². The third-order valence-electron chi connectivity index (χ3n) is 2.55. The third-order valence-corrected chi connectivity index (χ3v) is 2.82. The number of para-hydroxylation sites is 1. The molecule has 2 aromatic rings. The molecule has 0 aliphatic carbocycles. The van der Waals surface area contributed by atoms with Gasteiger partial charge in [-0.2, -0.15) is 0 Å². The molecule has 2 rings (SSSR count). The zero-order chi connectivity index (χ0) is 12.3. The maximum Gasteiger partial charge on any atom is 0.276 e. The van der Waals surface area contributed by atoms with Crippen molar-refractivity contribution >= 4 is 28.5 Å². The zero-order valence-corrected chi connectivity index (χ0v) is 10.3. The summed E-state index contributed by atoms with van der Waals surface area (Å²) < 4.78 is 5.10. The molecule has 0 unspecified atom stereocenters. The predicted molar refractivity (Wildman–Crippen MR) is 66.3 cm³/mol. The van der Waals surface area contributed by atoms with Crippen LogP contribution in [0.1, 0.15) is 16.9 Å². The van der Waals surface area contributed by atoms with E-state index in [2.05, 4.69) is 5.16 Å². The first-order valence-corrected chi connectivity index (χ1v) is 5.93. The average molecular weight is 253 g/mol. The fraction of sp³-hybridized carbons (Fsp3) is 0.333. The monoisotopic (exact) mass is 252 g/mol. The second-order valence-electron chi connectivity index (χ2n) is 3.80. The number of amides is 1. The number of nitrogens with zero attached hydrogens (tertiary/aromatic N) is 2. The number of carbonyl (C=O) groups excluding carboxylic acids is 1. The molecule has 0 N–H and O–H groups in total. The molecule has 0 aliphatic heterocycles. The summed E-state index contributed by atoms with van der Waals surface area (Å²) in [6, 6.07) is 7.32. The van der Waals surface area contributed by atoms with Crippen molar-refractivity contribution in [3.8, 4) is 0 Å². The first-order valence-electron chi connectivity index (χ1n) is 5.40. The highest BCUT2D eigenvalue weighted by Crippen LogP contribution is 2.18. The number of alkyl halides is 1. The van der Waals surface area contributed by atoms with Crippen LogP contribution in [-0.2, 0) is 0 Å². The van der Waals surface area contributed by atoms with E-state index in [1.807, 2.05) is 18.2 Å². The molecule has 0 bridgehead atoms. The topological polar surface area (TPSA) is 46.3 Å². The van der Waals surface area contributed by atoms with Gasteiger partial charge in [-0.1, -0.05) is 17.3 Å².